The average molecular weight is 355 g/mol. The van der Waals surface area contributed by atoms with Crippen LogP contribution in [0.4, 0.5) is 5.69 Å². The van der Waals surface area contributed by atoms with Gasteiger partial charge < -0.3 is 15.8 Å². The van der Waals surface area contributed by atoms with Crippen molar-refractivity contribution in [3.63, 3.8) is 0 Å². The predicted molar refractivity (Wildman–Crippen MR) is 105 cm³/mol. The molecule has 2 aromatic rings. The van der Waals surface area contributed by atoms with E-state index >= 15 is 0 Å². The Bertz CT molecular complexity index is 776. The molecule has 1 aliphatic rings. The number of ether oxygens (including phenoxy) is 1. The highest BCUT2D eigenvalue weighted by molar-refractivity contribution is 5.92. The van der Waals surface area contributed by atoms with Crippen molar-refractivity contribution in [1.29, 1.82) is 0 Å². The van der Waals surface area contributed by atoms with Crippen LogP contribution in [0.15, 0.2) is 41.7 Å². The lowest BCUT2D eigenvalue weighted by atomic mass is 9.82. The van der Waals surface area contributed by atoms with Crippen LogP contribution in [0.25, 0.3) is 0 Å². The van der Waals surface area contributed by atoms with Crippen molar-refractivity contribution in [3.8, 4) is 0 Å². The molecule has 1 aromatic heterocycles. The van der Waals surface area contributed by atoms with Crippen LogP contribution in [0.1, 0.15) is 44.4 Å². The first-order valence-electron chi connectivity index (χ1n) is 9.07. The second-order valence-electron chi connectivity index (χ2n) is 7.99. The Morgan fingerprint density at radius 3 is 2.69 bits per heavy atom. The molecule has 0 aliphatic heterocycles. The number of nitrogens with zero attached hydrogens (tertiary/aromatic N) is 3. The number of hydrogen-bond acceptors (Lipinski definition) is 3. The van der Waals surface area contributed by atoms with E-state index in [0.29, 0.717) is 5.96 Å². The van der Waals surface area contributed by atoms with Crippen LogP contribution in [0.3, 0.4) is 0 Å². The largest absolute Gasteiger partial charge is 0.370 e. The minimum Gasteiger partial charge on any atom is -0.370 e. The molecular weight excluding hydrogens is 326 g/mol. The number of nitrogens with two attached hydrogens (primary N) is 1. The number of hydrogen-bond donors (Lipinski definition) is 2. The topological polar surface area (TPSA) is 77.5 Å². The summed E-state index contributed by atoms with van der Waals surface area (Å²) in [5.41, 5.74) is 9.39. The molecule has 1 fully saturated rings. The molecule has 3 atom stereocenters. The number of nitrogens with one attached hydrogen (secondary N) is 1. The first kappa shape index (κ1) is 18.5. The van der Waals surface area contributed by atoms with Gasteiger partial charge in [0.1, 0.15) is 6.04 Å². The maximum absolute atomic E-state index is 6.18. The van der Waals surface area contributed by atoms with Crippen molar-refractivity contribution >= 4 is 11.6 Å². The van der Waals surface area contributed by atoms with Crippen molar-refractivity contribution < 1.29 is 4.74 Å². The SMILES string of the molecule is Cc1ccc(NC(N)=NC2CC(OC(C)(C)C)C2n2cccn2)cc1C. The van der Waals surface area contributed by atoms with Crippen LogP contribution in [-0.4, -0.2) is 33.5 Å². The van der Waals surface area contributed by atoms with Gasteiger partial charge in [0.25, 0.3) is 0 Å². The summed E-state index contributed by atoms with van der Waals surface area (Å²) >= 11 is 0. The third-order valence-electron chi connectivity index (χ3n) is 4.67. The molecular formula is C20H29N5O. The van der Waals surface area contributed by atoms with E-state index in [4.69, 9.17) is 10.5 Å². The molecule has 0 bridgehead atoms. The highest BCUT2D eigenvalue weighted by Gasteiger charge is 2.45. The number of rotatable bonds is 4. The fraction of sp³-hybridized carbons (Fsp3) is 0.500. The molecule has 6 nitrogen and oxygen atoms in total. The molecule has 1 heterocycles. The van der Waals surface area contributed by atoms with Gasteiger partial charge in [0.2, 0.25) is 0 Å². The van der Waals surface area contributed by atoms with Crippen LogP contribution >= 0.6 is 0 Å². The van der Waals surface area contributed by atoms with Crippen LogP contribution < -0.4 is 11.1 Å². The van der Waals surface area contributed by atoms with E-state index in [0.717, 1.165) is 12.1 Å². The maximum Gasteiger partial charge on any atom is 0.193 e. The Kier molecular flexibility index (Phi) is 5.05. The minimum absolute atomic E-state index is 0.0429. The monoisotopic (exact) mass is 355 g/mol. The van der Waals surface area contributed by atoms with Gasteiger partial charge in [-0.3, -0.25) is 4.68 Å². The molecule has 0 spiro atoms. The number of guanidine groups is 1. The zero-order valence-corrected chi connectivity index (χ0v) is 16.2. The van der Waals surface area contributed by atoms with E-state index < -0.39 is 0 Å². The van der Waals surface area contributed by atoms with Gasteiger partial charge in [-0.1, -0.05) is 6.07 Å². The summed E-state index contributed by atoms with van der Waals surface area (Å²) in [6, 6.07) is 8.19. The quantitative estimate of drug-likeness (QED) is 0.651. The molecule has 26 heavy (non-hydrogen) atoms. The highest BCUT2D eigenvalue weighted by atomic mass is 16.5. The summed E-state index contributed by atoms with van der Waals surface area (Å²) in [7, 11) is 0. The molecule has 140 valence electrons. The Hall–Kier alpha value is -2.34. The highest BCUT2D eigenvalue weighted by Crippen LogP contribution is 2.39. The number of aryl methyl sites for hydroxylation is 2. The fourth-order valence-corrected chi connectivity index (χ4v) is 3.25. The summed E-state index contributed by atoms with van der Waals surface area (Å²) < 4.78 is 8.11. The molecule has 1 aromatic carbocycles. The van der Waals surface area contributed by atoms with Crippen molar-refractivity contribution in [1.82, 2.24) is 9.78 Å². The Labute approximate surface area is 155 Å². The van der Waals surface area contributed by atoms with Gasteiger partial charge >= 0.3 is 0 Å². The lowest BCUT2D eigenvalue weighted by molar-refractivity contribution is -0.128. The van der Waals surface area contributed by atoms with Crippen molar-refractivity contribution in [2.24, 2.45) is 10.7 Å². The summed E-state index contributed by atoms with van der Waals surface area (Å²) in [5.74, 6) is 0.421. The normalized spacial score (nSPS) is 23.6. The second-order valence-corrected chi connectivity index (χ2v) is 7.99. The molecule has 0 amide bonds. The zero-order chi connectivity index (χ0) is 18.9. The summed E-state index contributed by atoms with van der Waals surface area (Å²) in [6.45, 7) is 10.4. The molecule has 0 radical (unpaired) electrons. The van der Waals surface area contributed by atoms with Crippen LogP contribution in [0.5, 0.6) is 0 Å². The van der Waals surface area contributed by atoms with Crippen molar-refractivity contribution in [2.45, 2.75) is 64.8 Å². The van der Waals surface area contributed by atoms with E-state index in [-0.39, 0.29) is 23.8 Å². The number of aromatic nitrogens is 2. The Morgan fingerprint density at radius 1 is 1.31 bits per heavy atom. The van der Waals surface area contributed by atoms with Gasteiger partial charge in [-0.25, -0.2) is 4.99 Å². The third kappa shape index (κ3) is 4.25. The van der Waals surface area contributed by atoms with Gasteiger partial charge in [-0.2, -0.15) is 5.10 Å². The van der Waals surface area contributed by atoms with Gasteiger partial charge in [0, 0.05) is 24.5 Å². The Morgan fingerprint density at radius 2 is 2.08 bits per heavy atom. The molecule has 0 saturated heterocycles. The van der Waals surface area contributed by atoms with Gasteiger partial charge in [0.15, 0.2) is 5.96 Å². The molecule has 3 N–H and O–H groups in total. The van der Waals surface area contributed by atoms with E-state index in [9.17, 15) is 0 Å². The Balaban J connectivity index is 1.72. The first-order chi connectivity index (χ1) is 12.2. The van der Waals surface area contributed by atoms with Crippen LogP contribution in [0.2, 0.25) is 0 Å². The van der Waals surface area contributed by atoms with Crippen molar-refractivity contribution in [3.05, 3.63) is 47.8 Å². The number of benzene rings is 1. The standard InChI is InChI=1S/C20H29N5O/c1-13-7-8-15(11-14(13)2)23-19(21)24-16-12-17(26-20(3,4)5)18(16)25-10-6-9-22-25/h6-11,16-18H,12H2,1-5H3,(H3,21,23,24). The zero-order valence-electron chi connectivity index (χ0n) is 16.2. The molecule has 6 heteroatoms. The predicted octanol–water partition coefficient (Wildman–Crippen LogP) is 3.42. The lowest BCUT2D eigenvalue weighted by Crippen LogP contribution is -2.51. The van der Waals surface area contributed by atoms with E-state index in [2.05, 4.69) is 62.2 Å². The van der Waals surface area contributed by atoms with Gasteiger partial charge in [-0.15, -0.1) is 0 Å². The van der Waals surface area contributed by atoms with E-state index in [1.165, 1.54) is 11.1 Å². The lowest BCUT2D eigenvalue weighted by Gasteiger charge is -2.45. The summed E-state index contributed by atoms with van der Waals surface area (Å²) in [5, 5.41) is 7.58. The fourth-order valence-electron chi connectivity index (χ4n) is 3.25. The van der Waals surface area contributed by atoms with Crippen LogP contribution in [-0.2, 0) is 4.74 Å². The second kappa shape index (κ2) is 7.11. The summed E-state index contributed by atoms with van der Waals surface area (Å²) in [6.07, 6.45) is 4.65. The smallest absolute Gasteiger partial charge is 0.193 e. The first-order valence-corrected chi connectivity index (χ1v) is 9.07. The van der Waals surface area contributed by atoms with E-state index in [1.807, 2.05) is 23.0 Å². The number of anilines is 1. The molecule has 1 saturated carbocycles. The van der Waals surface area contributed by atoms with Gasteiger partial charge in [0.05, 0.1) is 17.7 Å². The average Bonchev–Trinajstić information content (AvgIpc) is 3.02. The molecule has 3 rings (SSSR count). The molecule has 3 unspecified atom stereocenters. The summed E-state index contributed by atoms with van der Waals surface area (Å²) in [4.78, 5) is 4.69. The molecule has 1 aliphatic carbocycles. The third-order valence-corrected chi connectivity index (χ3v) is 4.67. The van der Waals surface area contributed by atoms with Crippen LogP contribution in [0, 0.1) is 13.8 Å². The minimum atomic E-state index is -0.200. The number of aliphatic imine (C=N–C) groups is 1. The maximum atomic E-state index is 6.18. The van der Waals surface area contributed by atoms with Crippen molar-refractivity contribution in [2.75, 3.05) is 5.32 Å². The van der Waals surface area contributed by atoms with E-state index in [1.54, 1.807) is 6.20 Å². The van der Waals surface area contributed by atoms with Gasteiger partial charge in [-0.05, 0) is 63.9 Å².